The van der Waals surface area contributed by atoms with Crippen LogP contribution in [0.15, 0.2) is 48.5 Å². The standard InChI is InChI=1S/C19H21F3N4O2/c1-12(24-11-13-6-8-14(9-7-13)25-18(23)28)10-17(27)26-16-5-3-2-4-15(16)19(20,21)22/h2-9,12,24H,10-11H2,1H3,(H,26,27)(H3,23,25,28). The summed E-state index contributed by atoms with van der Waals surface area (Å²) >= 11 is 0. The molecule has 3 amide bonds. The molecule has 28 heavy (non-hydrogen) atoms. The van der Waals surface area contributed by atoms with Gasteiger partial charge in [-0.2, -0.15) is 13.2 Å². The van der Waals surface area contributed by atoms with E-state index in [2.05, 4.69) is 16.0 Å². The number of nitrogens with two attached hydrogens (primary N) is 1. The second-order valence-electron chi connectivity index (χ2n) is 6.26. The zero-order chi connectivity index (χ0) is 20.7. The van der Waals surface area contributed by atoms with Crippen molar-refractivity contribution < 1.29 is 22.8 Å². The first-order valence-corrected chi connectivity index (χ1v) is 8.50. The molecular weight excluding hydrogens is 373 g/mol. The monoisotopic (exact) mass is 394 g/mol. The van der Waals surface area contributed by atoms with E-state index in [1.165, 1.54) is 18.2 Å². The molecular formula is C19H21F3N4O2. The summed E-state index contributed by atoms with van der Waals surface area (Å²) in [5, 5.41) is 7.89. The van der Waals surface area contributed by atoms with Gasteiger partial charge in [-0.3, -0.25) is 4.79 Å². The van der Waals surface area contributed by atoms with Crippen molar-refractivity contribution in [3.05, 3.63) is 59.7 Å². The molecule has 0 heterocycles. The Morgan fingerprint density at radius 1 is 1.04 bits per heavy atom. The Morgan fingerprint density at radius 2 is 1.68 bits per heavy atom. The van der Waals surface area contributed by atoms with Crippen LogP contribution in [0.5, 0.6) is 0 Å². The second-order valence-corrected chi connectivity index (χ2v) is 6.26. The molecule has 0 saturated carbocycles. The van der Waals surface area contributed by atoms with Crippen LogP contribution in [0.4, 0.5) is 29.3 Å². The number of benzene rings is 2. The molecule has 0 aliphatic rings. The Balaban J connectivity index is 1.86. The largest absolute Gasteiger partial charge is 0.418 e. The highest BCUT2D eigenvalue weighted by Crippen LogP contribution is 2.34. The summed E-state index contributed by atoms with van der Waals surface area (Å²) in [5.74, 6) is -0.516. The fourth-order valence-corrected chi connectivity index (χ4v) is 2.53. The third kappa shape index (κ3) is 6.58. The molecule has 0 fully saturated rings. The van der Waals surface area contributed by atoms with Crippen molar-refractivity contribution >= 4 is 23.3 Å². The van der Waals surface area contributed by atoms with Crippen LogP contribution in [0.2, 0.25) is 0 Å². The van der Waals surface area contributed by atoms with Gasteiger partial charge in [-0.15, -0.1) is 0 Å². The Labute approximate surface area is 160 Å². The van der Waals surface area contributed by atoms with Crippen LogP contribution in [0, 0.1) is 0 Å². The van der Waals surface area contributed by atoms with E-state index in [-0.39, 0.29) is 18.2 Å². The Bertz CT molecular complexity index is 823. The summed E-state index contributed by atoms with van der Waals surface area (Å²) in [5.41, 5.74) is 5.36. The van der Waals surface area contributed by atoms with Crippen molar-refractivity contribution in [2.75, 3.05) is 10.6 Å². The number of urea groups is 1. The molecule has 5 N–H and O–H groups in total. The van der Waals surface area contributed by atoms with E-state index in [1.54, 1.807) is 31.2 Å². The molecule has 0 bridgehead atoms. The number of para-hydroxylation sites is 1. The minimum atomic E-state index is -4.54. The van der Waals surface area contributed by atoms with E-state index in [0.29, 0.717) is 12.2 Å². The maximum absolute atomic E-state index is 13.0. The summed E-state index contributed by atoms with van der Waals surface area (Å²) in [7, 11) is 0. The smallest absolute Gasteiger partial charge is 0.351 e. The summed E-state index contributed by atoms with van der Waals surface area (Å²) in [6.07, 6.45) is -4.53. The number of hydrogen-bond donors (Lipinski definition) is 4. The van der Waals surface area contributed by atoms with Gasteiger partial charge in [0.05, 0.1) is 11.3 Å². The lowest BCUT2D eigenvalue weighted by Crippen LogP contribution is -2.30. The molecule has 1 unspecified atom stereocenters. The number of hydrogen-bond acceptors (Lipinski definition) is 3. The Morgan fingerprint density at radius 3 is 2.29 bits per heavy atom. The molecule has 6 nitrogen and oxygen atoms in total. The average molecular weight is 394 g/mol. The van der Waals surface area contributed by atoms with Gasteiger partial charge in [0.15, 0.2) is 0 Å². The molecule has 0 aliphatic heterocycles. The molecule has 0 radical (unpaired) electrons. The van der Waals surface area contributed by atoms with Crippen LogP contribution in [-0.2, 0) is 17.5 Å². The van der Waals surface area contributed by atoms with Crippen LogP contribution in [0.25, 0.3) is 0 Å². The van der Waals surface area contributed by atoms with Gasteiger partial charge in [0.1, 0.15) is 0 Å². The minimum absolute atomic E-state index is 0.00745. The molecule has 2 aromatic rings. The predicted molar refractivity (Wildman–Crippen MR) is 101 cm³/mol. The minimum Gasteiger partial charge on any atom is -0.351 e. The number of primary amides is 1. The van der Waals surface area contributed by atoms with Gasteiger partial charge in [-0.05, 0) is 36.8 Å². The summed E-state index contributed by atoms with van der Waals surface area (Å²) < 4.78 is 38.9. The molecule has 0 saturated heterocycles. The topological polar surface area (TPSA) is 96.2 Å². The quantitative estimate of drug-likeness (QED) is 0.577. The number of halogens is 3. The summed E-state index contributed by atoms with van der Waals surface area (Å²) in [6, 6.07) is 10.9. The van der Waals surface area contributed by atoms with E-state index < -0.39 is 23.7 Å². The molecule has 150 valence electrons. The molecule has 1 atom stereocenters. The van der Waals surface area contributed by atoms with Gasteiger partial charge in [-0.25, -0.2) is 4.79 Å². The van der Waals surface area contributed by atoms with Gasteiger partial charge >= 0.3 is 12.2 Å². The highest BCUT2D eigenvalue weighted by Gasteiger charge is 2.33. The number of carbonyl (C=O) groups is 2. The van der Waals surface area contributed by atoms with Crippen LogP contribution < -0.4 is 21.7 Å². The van der Waals surface area contributed by atoms with Gasteiger partial charge in [0.25, 0.3) is 0 Å². The normalized spacial score (nSPS) is 12.3. The predicted octanol–water partition coefficient (Wildman–Crippen LogP) is 3.70. The van der Waals surface area contributed by atoms with Crippen molar-refractivity contribution in [3.8, 4) is 0 Å². The van der Waals surface area contributed by atoms with E-state index >= 15 is 0 Å². The number of nitrogens with one attached hydrogen (secondary N) is 3. The molecule has 9 heteroatoms. The number of alkyl halides is 3. The van der Waals surface area contributed by atoms with Gasteiger partial charge in [0.2, 0.25) is 5.91 Å². The lowest BCUT2D eigenvalue weighted by atomic mass is 10.1. The van der Waals surface area contributed by atoms with Crippen LogP contribution in [0.1, 0.15) is 24.5 Å². The lowest BCUT2D eigenvalue weighted by molar-refractivity contribution is -0.137. The van der Waals surface area contributed by atoms with Crippen molar-refractivity contribution in [1.82, 2.24) is 5.32 Å². The van der Waals surface area contributed by atoms with Crippen molar-refractivity contribution in [3.63, 3.8) is 0 Å². The maximum Gasteiger partial charge on any atom is 0.418 e. The SMILES string of the molecule is CC(CC(=O)Nc1ccccc1C(F)(F)F)NCc1ccc(NC(N)=O)cc1. The van der Waals surface area contributed by atoms with Crippen LogP contribution >= 0.6 is 0 Å². The van der Waals surface area contributed by atoms with Crippen molar-refractivity contribution in [1.29, 1.82) is 0 Å². The first-order chi connectivity index (χ1) is 13.1. The van der Waals surface area contributed by atoms with E-state index in [4.69, 9.17) is 5.73 Å². The van der Waals surface area contributed by atoms with Crippen molar-refractivity contribution in [2.45, 2.75) is 32.1 Å². The maximum atomic E-state index is 13.0. The van der Waals surface area contributed by atoms with E-state index in [9.17, 15) is 22.8 Å². The summed E-state index contributed by atoms with van der Waals surface area (Å²) in [6.45, 7) is 2.21. The highest BCUT2D eigenvalue weighted by atomic mass is 19.4. The zero-order valence-corrected chi connectivity index (χ0v) is 15.1. The first-order valence-electron chi connectivity index (χ1n) is 8.50. The fraction of sp³-hybridized carbons (Fsp3) is 0.263. The van der Waals surface area contributed by atoms with Crippen LogP contribution in [-0.4, -0.2) is 18.0 Å². The Kier molecular flexibility index (Phi) is 7.00. The fourth-order valence-electron chi connectivity index (χ4n) is 2.53. The number of anilines is 2. The molecule has 0 aromatic heterocycles. The van der Waals surface area contributed by atoms with Crippen LogP contribution in [0.3, 0.4) is 0 Å². The number of rotatable bonds is 7. The second kappa shape index (κ2) is 9.23. The molecule has 0 aliphatic carbocycles. The molecule has 0 spiro atoms. The molecule has 2 rings (SSSR count). The number of carbonyl (C=O) groups excluding carboxylic acids is 2. The summed E-state index contributed by atoms with van der Waals surface area (Å²) in [4.78, 5) is 22.9. The van der Waals surface area contributed by atoms with E-state index in [0.717, 1.165) is 11.6 Å². The Hall–Kier alpha value is -3.07. The van der Waals surface area contributed by atoms with Gasteiger partial charge in [0, 0.05) is 24.7 Å². The van der Waals surface area contributed by atoms with E-state index in [1.807, 2.05) is 0 Å². The molecule has 2 aromatic carbocycles. The van der Waals surface area contributed by atoms with Gasteiger partial charge < -0.3 is 21.7 Å². The third-order valence-electron chi connectivity index (χ3n) is 3.87. The first kappa shape index (κ1) is 21.2. The third-order valence-corrected chi connectivity index (χ3v) is 3.87. The average Bonchev–Trinajstić information content (AvgIpc) is 2.60. The zero-order valence-electron chi connectivity index (χ0n) is 15.1. The highest BCUT2D eigenvalue weighted by molar-refractivity contribution is 5.92. The lowest BCUT2D eigenvalue weighted by Gasteiger charge is -2.16. The van der Waals surface area contributed by atoms with Crippen molar-refractivity contribution in [2.24, 2.45) is 5.73 Å². The van der Waals surface area contributed by atoms with Gasteiger partial charge in [-0.1, -0.05) is 24.3 Å². The number of amides is 3.